The molecular formula is C19H29NO2. The third kappa shape index (κ3) is 5.13. The molecule has 22 heavy (non-hydrogen) atoms. The standard InChI is InChI=1S/C19H29NO2/c1-3-22-19(21)15(2)13-20-14-16-9-11-18(12-10-16)17-7-5-4-6-8-17/h4-8,15-16,18,20H,3,9-14H2,1-2H3. The summed E-state index contributed by atoms with van der Waals surface area (Å²) in [6.07, 6.45) is 5.12. The lowest BCUT2D eigenvalue weighted by atomic mass is 9.78. The number of carbonyl (C=O) groups is 1. The Labute approximate surface area is 134 Å². The molecule has 1 N–H and O–H groups in total. The second-order valence-electron chi connectivity index (χ2n) is 6.44. The van der Waals surface area contributed by atoms with E-state index < -0.39 is 0 Å². The van der Waals surface area contributed by atoms with E-state index in [4.69, 9.17) is 4.74 Å². The van der Waals surface area contributed by atoms with E-state index in [0.29, 0.717) is 6.61 Å². The Bertz CT molecular complexity index is 438. The molecule has 2 rings (SSSR count). The molecule has 1 fully saturated rings. The largest absolute Gasteiger partial charge is 0.466 e. The summed E-state index contributed by atoms with van der Waals surface area (Å²) in [5, 5.41) is 3.45. The molecule has 0 aliphatic heterocycles. The molecule has 1 aromatic carbocycles. The molecule has 1 saturated carbocycles. The summed E-state index contributed by atoms with van der Waals surface area (Å²) in [6.45, 7) is 5.98. The zero-order valence-electron chi connectivity index (χ0n) is 13.9. The quantitative estimate of drug-likeness (QED) is 0.780. The molecule has 0 saturated heterocycles. The molecular weight excluding hydrogens is 274 g/mol. The van der Waals surface area contributed by atoms with Gasteiger partial charge in [0.1, 0.15) is 0 Å². The number of carbonyl (C=O) groups excluding carboxylic acids is 1. The molecule has 1 aliphatic carbocycles. The first-order chi connectivity index (χ1) is 10.7. The van der Waals surface area contributed by atoms with E-state index in [1.54, 1.807) is 0 Å². The maximum atomic E-state index is 11.6. The summed E-state index contributed by atoms with van der Waals surface area (Å²) in [4.78, 5) is 11.6. The van der Waals surface area contributed by atoms with Gasteiger partial charge in [-0.3, -0.25) is 4.79 Å². The molecule has 0 amide bonds. The number of hydrogen-bond acceptors (Lipinski definition) is 3. The second kappa shape index (κ2) is 8.94. The van der Waals surface area contributed by atoms with Crippen molar-refractivity contribution in [3.05, 3.63) is 35.9 Å². The average molecular weight is 303 g/mol. The van der Waals surface area contributed by atoms with E-state index in [2.05, 4.69) is 35.6 Å². The molecule has 0 bridgehead atoms. The fourth-order valence-electron chi connectivity index (χ4n) is 3.30. The zero-order valence-corrected chi connectivity index (χ0v) is 13.9. The topological polar surface area (TPSA) is 38.3 Å². The van der Waals surface area contributed by atoms with Gasteiger partial charge in [-0.25, -0.2) is 0 Å². The highest BCUT2D eigenvalue weighted by Crippen LogP contribution is 2.35. The minimum Gasteiger partial charge on any atom is -0.466 e. The van der Waals surface area contributed by atoms with Crippen LogP contribution >= 0.6 is 0 Å². The van der Waals surface area contributed by atoms with Crippen molar-refractivity contribution < 1.29 is 9.53 Å². The van der Waals surface area contributed by atoms with Gasteiger partial charge in [-0.15, -0.1) is 0 Å². The first kappa shape index (κ1) is 17.0. The Morgan fingerprint density at radius 2 is 1.91 bits per heavy atom. The summed E-state index contributed by atoms with van der Waals surface area (Å²) in [5.41, 5.74) is 1.49. The van der Waals surface area contributed by atoms with Gasteiger partial charge in [0, 0.05) is 6.54 Å². The Kier molecular flexibility index (Phi) is 6.91. The van der Waals surface area contributed by atoms with Crippen molar-refractivity contribution in [3.63, 3.8) is 0 Å². The second-order valence-corrected chi connectivity index (χ2v) is 6.44. The predicted molar refractivity (Wildman–Crippen MR) is 89.8 cm³/mol. The van der Waals surface area contributed by atoms with Crippen LogP contribution in [-0.4, -0.2) is 25.7 Å². The van der Waals surface area contributed by atoms with Gasteiger partial charge >= 0.3 is 5.97 Å². The van der Waals surface area contributed by atoms with Gasteiger partial charge < -0.3 is 10.1 Å². The lowest BCUT2D eigenvalue weighted by Gasteiger charge is -2.29. The fourth-order valence-corrected chi connectivity index (χ4v) is 3.30. The van der Waals surface area contributed by atoms with Crippen LogP contribution < -0.4 is 5.32 Å². The normalized spacial score (nSPS) is 23.0. The van der Waals surface area contributed by atoms with E-state index in [9.17, 15) is 4.79 Å². The lowest BCUT2D eigenvalue weighted by Crippen LogP contribution is -2.32. The van der Waals surface area contributed by atoms with Gasteiger partial charge in [0.2, 0.25) is 0 Å². The number of hydrogen-bond donors (Lipinski definition) is 1. The molecule has 122 valence electrons. The highest BCUT2D eigenvalue weighted by Gasteiger charge is 2.22. The summed E-state index contributed by atoms with van der Waals surface area (Å²) in [5.74, 6) is 1.33. The average Bonchev–Trinajstić information content (AvgIpc) is 2.56. The van der Waals surface area contributed by atoms with Crippen molar-refractivity contribution in [3.8, 4) is 0 Å². The van der Waals surface area contributed by atoms with E-state index in [0.717, 1.165) is 24.9 Å². The first-order valence-electron chi connectivity index (χ1n) is 8.63. The van der Waals surface area contributed by atoms with Gasteiger partial charge in [-0.1, -0.05) is 37.3 Å². The Morgan fingerprint density at radius 1 is 1.23 bits per heavy atom. The Balaban J connectivity index is 1.64. The summed E-state index contributed by atoms with van der Waals surface area (Å²) < 4.78 is 5.03. The molecule has 0 aromatic heterocycles. The van der Waals surface area contributed by atoms with Crippen LogP contribution in [-0.2, 0) is 9.53 Å². The molecule has 1 aromatic rings. The van der Waals surface area contributed by atoms with Crippen molar-refractivity contribution in [2.45, 2.75) is 45.4 Å². The van der Waals surface area contributed by atoms with E-state index in [-0.39, 0.29) is 11.9 Å². The van der Waals surface area contributed by atoms with Crippen LogP contribution in [0.2, 0.25) is 0 Å². The smallest absolute Gasteiger partial charge is 0.309 e. The van der Waals surface area contributed by atoms with Crippen LogP contribution in [0.1, 0.15) is 51.0 Å². The van der Waals surface area contributed by atoms with E-state index in [1.807, 2.05) is 13.8 Å². The lowest BCUT2D eigenvalue weighted by molar-refractivity contribution is -0.147. The predicted octanol–water partition coefficient (Wildman–Crippen LogP) is 3.75. The minimum absolute atomic E-state index is 0.0550. The highest BCUT2D eigenvalue weighted by molar-refractivity contribution is 5.72. The number of ether oxygens (including phenoxy) is 1. The van der Waals surface area contributed by atoms with Crippen molar-refractivity contribution >= 4 is 5.97 Å². The fraction of sp³-hybridized carbons (Fsp3) is 0.632. The van der Waals surface area contributed by atoms with Gasteiger partial charge in [0.25, 0.3) is 0 Å². The molecule has 1 aliphatic rings. The number of nitrogens with one attached hydrogen (secondary N) is 1. The highest BCUT2D eigenvalue weighted by atomic mass is 16.5. The van der Waals surface area contributed by atoms with Crippen molar-refractivity contribution in [2.24, 2.45) is 11.8 Å². The molecule has 3 nitrogen and oxygen atoms in total. The molecule has 1 atom stereocenters. The van der Waals surface area contributed by atoms with Crippen molar-refractivity contribution in [1.29, 1.82) is 0 Å². The van der Waals surface area contributed by atoms with Gasteiger partial charge in [0.15, 0.2) is 0 Å². The number of rotatable bonds is 7. The molecule has 1 unspecified atom stereocenters. The SMILES string of the molecule is CCOC(=O)C(C)CNCC1CCC(c2ccccc2)CC1. The maximum absolute atomic E-state index is 11.6. The van der Waals surface area contributed by atoms with E-state index >= 15 is 0 Å². The monoisotopic (exact) mass is 303 g/mol. The number of esters is 1. The van der Waals surface area contributed by atoms with Crippen LogP contribution in [0.5, 0.6) is 0 Å². The van der Waals surface area contributed by atoms with Crippen LogP contribution in [0.3, 0.4) is 0 Å². The molecule has 0 radical (unpaired) electrons. The zero-order chi connectivity index (χ0) is 15.8. The van der Waals surface area contributed by atoms with Crippen LogP contribution in [0.25, 0.3) is 0 Å². The number of benzene rings is 1. The third-order valence-electron chi connectivity index (χ3n) is 4.69. The third-order valence-corrected chi connectivity index (χ3v) is 4.69. The van der Waals surface area contributed by atoms with E-state index in [1.165, 1.54) is 31.2 Å². The first-order valence-corrected chi connectivity index (χ1v) is 8.63. The van der Waals surface area contributed by atoms with Gasteiger partial charge in [0.05, 0.1) is 12.5 Å². The molecule has 0 spiro atoms. The molecule has 3 heteroatoms. The summed E-state index contributed by atoms with van der Waals surface area (Å²) in [7, 11) is 0. The minimum atomic E-state index is -0.0946. The Hall–Kier alpha value is -1.35. The Morgan fingerprint density at radius 3 is 2.55 bits per heavy atom. The summed E-state index contributed by atoms with van der Waals surface area (Å²) in [6, 6.07) is 10.9. The van der Waals surface area contributed by atoms with Crippen LogP contribution in [0.4, 0.5) is 0 Å². The molecule has 0 heterocycles. The van der Waals surface area contributed by atoms with Crippen molar-refractivity contribution in [2.75, 3.05) is 19.7 Å². The van der Waals surface area contributed by atoms with Crippen molar-refractivity contribution in [1.82, 2.24) is 5.32 Å². The maximum Gasteiger partial charge on any atom is 0.309 e. The van der Waals surface area contributed by atoms with Gasteiger partial charge in [-0.05, 0) is 56.6 Å². The van der Waals surface area contributed by atoms with Crippen LogP contribution in [0.15, 0.2) is 30.3 Å². The summed E-state index contributed by atoms with van der Waals surface area (Å²) >= 11 is 0. The van der Waals surface area contributed by atoms with Gasteiger partial charge in [-0.2, -0.15) is 0 Å². The van der Waals surface area contributed by atoms with Crippen LogP contribution in [0, 0.1) is 11.8 Å².